The fourth-order valence-corrected chi connectivity index (χ4v) is 2.45. The average Bonchev–Trinajstić information content (AvgIpc) is 2.71. The third-order valence-electron chi connectivity index (χ3n) is 2.99. The van der Waals surface area contributed by atoms with Gasteiger partial charge in [-0.25, -0.2) is 0 Å². The van der Waals surface area contributed by atoms with Crippen LogP contribution in [0.1, 0.15) is 11.6 Å². The molecule has 1 atom stereocenters. The predicted molar refractivity (Wildman–Crippen MR) is 74.1 cm³/mol. The van der Waals surface area contributed by atoms with Crippen LogP contribution < -0.4 is 10.5 Å². The molecule has 0 saturated carbocycles. The molecule has 0 saturated heterocycles. The van der Waals surface area contributed by atoms with Gasteiger partial charge < -0.3 is 15.4 Å². The zero-order valence-corrected chi connectivity index (χ0v) is 11.0. The number of ether oxygens (including phenoxy) is 1. The molecule has 1 aromatic carbocycles. The van der Waals surface area contributed by atoms with Crippen molar-refractivity contribution < 1.29 is 4.74 Å². The van der Waals surface area contributed by atoms with Gasteiger partial charge in [0.05, 0.1) is 19.7 Å². The molecule has 1 aromatic rings. The first kappa shape index (κ1) is 12.8. The maximum Gasteiger partial charge on any atom is 0.192 e. The number of hydrogen-bond donors (Lipinski definition) is 1. The van der Waals surface area contributed by atoms with Crippen LogP contribution in [0.2, 0.25) is 5.02 Å². The number of nitrogens with two attached hydrogens (primary N) is 1. The molecule has 4 nitrogen and oxygen atoms in total. The molecule has 1 aliphatic rings. The second-order valence-corrected chi connectivity index (χ2v) is 4.42. The molecule has 5 heteroatoms. The van der Waals surface area contributed by atoms with Crippen LogP contribution >= 0.6 is 11.6 Å². The molecule has 2 N–H and O–H groups in total. The number of halogens is 1. The summed E-state index contributed by atoms with van der Waals surface area (Å²) in [7, 11) is 1.63. The average molecular weight is 266 g/mol. The third kappa shape index (κ3) is 2.16. The van der Waals surface area contributed by atoms with E-state index in [4.69, 9.17) is 22.1 Å². The lowest BCUT2D eigenvalue weighted by Gasteiger charge is -2.27. The van der Waals surface area contributed by atoms with Crippen molar-refractivity contribution in [3.63, 3.8) is 0 Å². The summed E-state index contributed by atoms with van der Waals surface area (Å²) in [5.41, 5.74) is 6.80. The van der Waals surface area contributed by atoms with E-state index >= 15 is 0 Å². The summed E-state index contributed by atoms with van der Waals surface area (Å²) >= 11 is 6.28. The van der Waals surface area contributed by atoms with Crippen molar-refractivity contribution in [3.8, 4) is 5.75 Å². The highest BCUT2D eigenvalue weighted by Gasteiger charge is 2.30. The molecular weight excluding hydrogens is 250 g/mol. The van der Waals surface area contributed by atoms with Gasteiger partial charge in [-0.05, 0) is 12.1 Å². The molecule has 0 fully saturated rings. The van der Waals surface area contributed by atoms with Gasteiger partial charge in [-0.15, -0.1) is 6.58 Å². The second-order valence-electron chi connectivity index (χ2n) is 4.01. The zero-order valence-electron chi connectivity index (χ0n) is 10.3. The summed E-state index contributed by atoms with van der Waals surface area (Å²) in [6.07, 6.45) is 1.80. The van der Waals surface area contributed by atoms with Crippen LogP contribution in [0.3, 0.4) is 0 Å². The van der Waals surface area contributed by atoms with Crippen molar-refractivity contribution in [2.24, 2.45) is 10.7 Å². The molecule has 1 aliphatic heterocycles. The topological polar surface area (TPSA) is 50.8 Å². The summed E-state index contributed by atoms with van der Waals surface area (Å²) in [6.45, 7) is 4.95. The van der Waals surface area contributed by atoms with Gasteiger partial charge in [0.2, 0.25) is 0 Å². The van der Waals surface area contributed by atoms with Gasteiger partial charge in [0.1, 0.15) is 5.75 Å². The smallest absolute Gasteiger partial charge is 0.192 e. The van der Waals surface area contributed by atoms with Gasteiger partial charge in [0.25, 0.3) is 0 Å². The van der Waals surface area contributed by atoms with Crippen LogP contribution in [-0.4, -0.2) is 31.1 Å². The summed E-state index contributed by atoms with van der Waals surface area (Å²) in [6, 6.07) is 5.61. The van der Waals surface area contributed by atoms with Gasteiger partial charge >= 0.3 is 0 Å². The van der Waals surface area contributed by atoms with Gasteiger partial charge in [-0.2, -0.15) is 0 Å². The standard InChI is InChI=1S/C13H16ClN3O/c1-3-7-17-10(8-16-13(17)15)12-9(14)5-4-6-11(12)18-2/h3-6,10H,1,7-8H2,2H3,(H2,15,16). The Kier molecular flexibility index (Phi) is 3.77. The van der Waals surface area contributed by atoms with E-state index < -0.39 is 0 Å². The lowest BCUT2D eigenvalue weighted by atomic mass is 10.0. The zero-order chi connectivity index (χ0) is 13.1. The fourth-order valence-electron chi connectivity index (χ4n) is 2.15. The molecule has 1 heterocycles. The summed E-state index contributed by atoms with van der Waals surface area (Å²) < 4.78 is 5.37. The molecule has 2 rings (SSSR count). The monoisotopic (exact) mass is 265 g/mol. The van der Waals surface area contributed by atoms with E-state index in [0.717, 1.165) is 11.3 Å². The van der Waals surface area contributed by atoms with Crippen molar-refractivity contribution in [1.82, 2.24) is 4.90 Å². The van der Waals surface area contributed by atoms with Crippen LogP contribution in [0.4, 0.5) is 0 Å². The number of methoxy groups -OCH3 is 1. The Morgan fingerprint density at radius 1 is 1.67 bits per heavy atom. The van der Waals surface area contributed by atoms with Gasteiger partial charge in [0.15, 0.2) is 5.96 Å². The highest BCUT2D eigenvalue weighted by molar-refractivity contribution is 6.31. The van der Waals surface area contributed by atoms with E-state index in [-0.39, 0.29) is 6.04 Å². The number of aliphatic imine (C=N–C) groups is 1. The number of guanidine groups is 1. The Labute approximate surface area is 112 Å². The first-order valence-corrected chi connectivity index (χ1v) is 6.06. The Balaban J connectivity index is 2.40. The number of benzene rings is 1. The molecule has 96 valence electrons. The van der Waals surface area contributed by atoms with Crippen molar-refractivity contribution in [3.05, 3.63) is 41.4 Å². The maximum atomic E-state index is 6.28. The number of nitrogens with zero attached hydrogens (tertiary/aromatic N) is 2. The van der Waals surface area contributed by atoms with Crippen molar-refractivity contribution in [2.45, 2.75) is 6.04 Å². The van der Waals surface area contributed by atoms with E-state index in [1.807, 2.05) is 23.1 Å². The van der Waals surface area contributed by atoms with E-state index in [0.29, 0.717) is 24.1 Å². The first-order chi connectivity index (χ1) is 8.69. The highest BCUT2D eigenvalue weighted by atomic mass is 35.5. The summed E-state index contributed by atoms with van der Waals surface area (Å²) in [5, 5.41) is 0.665. The molecule has 0 amide bonds. The molecule has 0 aromatic heterocycles. The normalized spacial score (nSPS) is 18.7. The quantitative estimate of drug-likeness (QED) is 0.849. The van der Waals surface area contributed by atoms with Crippen LogP contribution in [-0.2, 0) is 0 Å². The van der Waals surface area contributed by atoms with Crippen molar-refractivity contribution in [1.29, 1.82) is 0 Å². The largest absolute Gasteiger partial charge is 0.496 e. The SMILES string of the molecule is C=CCN1C(N)=NCC1c1c(Cl)cccc1OC. The van der Waals surface area contributed by atoms with E-state index in [1.54, 1.807) is 13.2 Å². The Morgan fingerprint density at radius 3 is 3.11 bits per heavy atom. The molecule has 0 bridgehead atoms. The molecule has 18 heavy (non-hydrogen) atoms. The second kappa shape index (κ2) is 5.31. The van der Waals surface area contributed by atoms with Crippen LogP contribution in [0.15, 0.2) is 35.8 Å². The lowest BCUT2D eigenvalue weighted by molar-refractivity contribution is 0.353. The Morgan fingerprint density at radius 2 is 2.44 bits per heavy atom. The minimum atomic E-state index is 0.00616. The van der Waals surface area contributed by atoms with E-state index in [2.05, 4.69) is 11.6 Å². The molecule has 0 radical (unpaired) electrons. The highest BCUT2D eigenvalue weighted by Crippen LogP contribution is 2.37. The first-order valence-electron chi connectivity index (χ1n) is 5.69. The molecule has 0 spiro atoms. The molecular formula is C13H16ClN3O. The van der Waals surface area contributed by atoms with Crippen molar-refractivity contribution in [2.75, 3.05) is 20.2 Å². The van der Waals surface area contributed by atoms with E-state index in [1.165, 1.54) is 0 Å². The third-order valence-corrected chi connectivity index (χ3v) is 3.32. The lowest BCUT2D eigenvalue weighted by Crippen LogP contribution is -2.36. The van der Waals surface area contributed by atoms with Crippen LogP contribution in [0, 0.1) is 0 Å². The predicted octanol–water partition coefficient (Wildman–Crippen LogP) is 2.21. The van der Waals surface area contributed by atoms with Gasteiger partial charge in [-0.3, -0.25) is 4.99 Å². The van der Waals surface area contributed by atoms with Crippen molar-refractivity contribution >= 4 is 17.6 Å². The minimum absolute atomic E-state index is 0.00616. The van der Waals surface area contributed by atoms with Crippen LogP contribution in [0.25, 0.3) is 0 Å². The number of rotatable bonds is 4. The van der Waals surface area contributed by atoms with E-state index in [9.17, 15) is 0 Å². The van der Waals surface area contributed by atoms with Gasteiger partial charge in [-0.1, -0.05) is 23.7 Å². The van der Waals surface area contributed by atoms with Gasteiger partial charge in [0, 0.05) is 17.1 Å². The number of hydrogen-bond acceptors (Lipinski definition) is 4. The summed E-state index contributed by atoms with van der Waals surface area (Å²) in [4.78, 5) is 6.24. The molecule has 0 aliphatic carbocycles. The Bertz CT molecular complexity index is 487. The maximum absolute atomic E-state index is 6.28. The Hall–Kier alpha value is -1.68. The van der Waals surface area contributed by atoms with Crippen LogP contribution in [0.5, 0.6) is 5.75 Å². The fraction of sp³-hybridized carbons (Fsp3) is 0.308. The minimum Gasteiger partial charge on any atom is -0.496 e. The summed E-state index contributed by atoms with van der Waals surface area (Å²) in [5.74, 6) is 1.27. The molecule has 1 unspecified atom stereocenters.